The fourth-order valence-electron chi connectivity index (χ4n) is 5.30. The molecule has 7 heteroatoms. The van der Waals surface area contributed by atoms with E-state index in [1.807, 2.05) is 6.07 Å². The fourth-order valence-corrected chi connectivity index (χ4v) is 5.30. The van der Waals surface area contributed by atoms with Gasteiger partial charge in [0.1, 0.15) is 17.2 Å². The highest BCUT2D eigenvalue weighted by Gasteiger charge is 2.25. The van der Waals surface area contributed by atoms with Gasteiger partial charge >= 0.3 is 5.97 Å². The summed E-state index contributed by atoms with van der Waals surface area (Å²) in [4.78, 5) is 22.0. The molecule has 5 rings (SSSR count). The number of rotatable bonds is 5. The van der Waals surface area contributed by atoms with Crippen LogP contribution in [0.5, 0.6) is 5.75 Å². The van der Waals surface area contributed by atoms with Crippen LogP contribution >= 0.6 is 0 Å². The van der Waals surface area contributed by atoms with Crippen LogP contribution in [0.1, 0.15) is 37.8 Å². The molecule has 1 aliphatic carbocycles. The Balaban J connectivity index is 1.33. The Labute approximate surface area is 204 Å². The molecule has 0 saturated heterocycles. The summed E-state index contributed by atoms with van der Waals surface area (Å²) in [6, 6.07) is 9.13. The number of fused-ring (bicyclic) bond motifs is 1. The van der Waals surface area contributed by atoms with E-state index >= 15 is 0 Å². The molecule has 1 N–H and O–H groups in total. The molecule has 1 saturated carbocycles. The Morgan fingerprint density at radius 2 is 1.97 bits per heavy atom. The number of nitrogens with one attached hydrogen (secondary N) is 1. The van der Waals surface area contributed by atoms with Crippen molar-refractivity contribution in [1.82, 2.24) is 14.9 Å². The van der Waals surface area contributed by atoms with Crippen molar-refractivity contribution in [3.63, 3.8) is 0 Å². The number of pyridine rings is 1. The number of allylic oxidation sites excluding steroid dienone is 1. The molecule has 0 amide bonds. The van der Waals surface area contributed by atoms with E-state index in [4.69, 9.17) is 9.47 Å². The maximum Gasteiger partial charge on any atom is 0.330 e. The molecule has 6 nitrogen and oxygen atoms in total. The number of benzene rings is 1. The first kappa shape index (κ1) is 23.3. The maximum absolute atomic E-state index is 14.0. The molecule has 3 heterocycles. The zero-order valence-corrected chi connectivity index (χ0v) is 20.1. The number of methoxy groups -OCH3 is 2. The minimum absolute atomic E-state index is 0.254. The predicted molar refractivity (Wildman–Crippen MR) is 135 cm³/mol. The Morgan fingerprint density at radius 1 is 1.14 bits per heavy atom. The second-order valence-corrected chi connectivity index (χ2v) is 9.18. The van der Waals surface area contributed by atoms with Gasteiger partial charge in [-0.15, -0.1) is 0 Å². The third kappa shape index (κ3) is 4.86. The lowest BCUT2D eigenvalue weighted by Crippen LogP contribution is -2.39. The lowest BCUT2D eigenvalue weighted by atomic mass is 9.88. The summed E-state index contributed by atoms with van der Waals surface area (Å²) in [6.07, 6.45) is 10.7. The highest BCUT2D eigenvalue weighted by atomic mass is 19.1. The van der Waals surface area contributed by atoms with Gasteiger partial charge < -0.3 is 14.5 Å². The fraction of sp³-hybridized carbons (Fsp3) is 0.357. The minimum Gasteiger partial charge on any atom is -0.496 e. The van der Waals surface area contributed by atoms with E-state index in [-0.39, 0.29) is 11.8 Å². The molecular formula is C28H30FN3O3. The molecule has 3 aromatic rings. The molecule has 2 aromatic heterocycles. The van der Waals surface area contributed by atoms with Gasteiger partial charge in [-0.1, -0.05) is 11.6 Å². The Morgan fingerprint density at radius 3 is 2.69 bits per heavy atom. The van der Waals surface area contributed by atoms with Gasteiger partial charge in [0.25, 0.3) is 0 Å². The van der Waals surface area contributed by atoms with Crippen molar-refractivity contribution in [2.24, 2.45) is 0 Å². The molecule has 1 fully saturated rings. The van der Waals surface area contributed by atoms with Gasteiger partial charge in [-0.3, -0.25) is 4.90 Å². The molecule has 0 atom stereocenters. The predicted octanol–water partition coefficient (Wildman–Crippen LogP) is 5.51. The topological polar surface area (TPSA) is 67.4 Å². The number of carbonyl (C=O) groups is 1. The first-order valence-corrected chi connectivity index (χ1v) is 12.1. The monoisotopic (exact) mass is 475 g/mol. The normalized spacial score (nSPS) is 18.9. The lowest BCUT2D eigenvalue weighted by molar-refractivity contribution is -0.134. The van der Waals surface area contributed by atoms with Crippen molar-refractivity contribution < 1.29 is 18.7 Å². The summed E-state index contributed by atoms with van der Waals surface area (Å²) >= 11 is 0. The van der Waals surface area contributed by atoms with E-state index in [0.29, 0.717) is 17.4 Å². The number of hydrogen-bond acceptors (Lipinski definition) is 5. The molecule has 35 heavy (non-hydrogen) atoms. The summed E-state index contributed by atoms with van der Waals surface area (Å²) < 4.78 is 24.3. The number of hydrogen-bond donors (Lipinski definition) is 1. The summed E-state index contributed by atoms with van der Waals surface area (Å²) in [5.74, 6) is 0.0780. The molecule has 0 bridgehead atoms. The van der Waals surface area contributed by atoms with E-state index < -0.39 is 0 Å². The quantitative estimate of drug-likeness (QED) is 0.389. The van der Waals surface area contributed by atoms with Crippen LogP contribution in [0.15, 0.2) is 54.3 Å². The van der Waals surface area contributed by atoms with Gasteiger partial charge in [0.2, 0.25) is 0 Å². The van der Waals surface area contributed by atoms with Crippen LogP contribution in [0.25, 0.3) is 27.7 Å². The average molecular weight is 476 g/mol. The average Bonchev–Trinajstić information content (AvgIpc) is 3.34. The zero-order chi connectivity index (χ0) is 24.4. The number of esters is 1. The molecule has 0 unspecified atom stereocenters. The van der Waals surface area contributed by atoms with Crippen LogP contribution in [0.3, 0.4) is 0 Å². The zero-order valence-electron chi connectivity index (χ0n) is 20.1. The minimum atomic E-state index is -0.299. The Hall–Kier alpha value is -3.45. The molecular weight excluding hydrogens is 445 g/mol. The van der Waals surface area contributed by atoms with Crippen molar-refractivity contribution in [2.75, 3.05) is 27.3 Å². The summed E-state index contributed by atoms with van der Waals surface area (Å²) in [6.45, 7) is 1.91. The van der Waals surface area contributed by atoms with Gasteiger partial charge in [0.15, 0.2) is 0 Å². The van der Waals surface area contributed by atoms with Gasteiger partial charge in [0, 0.05) is 48.0 Å². The number of carbonyl (C=O) groups excluding carboxylic acids is 1. The standard InChI is InChI=1S/C28H30FN3O3/c1-34-26-8-5-20(29)16-23(26)22-9-12-30-28-24(22)17-25(31-28)19-10-13-32(14-11-19)21-6-3-18(4-7-21)15-27(33)35-2/h5,8-10,12,15-17,21H,3-4,6-7,11,13-14H2,1-2H3,(H,30,31). The van der Waals surface area contributed by atoms with Crippen LogP contribution in [0, 0.1) is 5.82 Å². The summed E-state index contributed by atoms with van der Waals surface area (Å²) in [7, 11) is 3.02. The smallest absolute Gasteiger partial charge is 0.330 e. The van der Waals surface area contributed by atoms with Crippen molar-refractivity contribution in [3.8, 4) is 16.9 Å². The van der Waals surface area contributed by atoms with Crippen molar-refractivity contribution in [2.45, 2.75) is 38.1 Å². The number of aromatic amines is 1. The van der Waals surface area contributed by atoms with E-state index in [0.717, 1.165) is 67.5 Å². The molecule has 1 aliphatic heterocycles. The third-order valence-electron chi connectivity index (χ3n) is 7.21. The van der Waals surface area contributed by atoms with Crippen LogP contribution < -0.4 is 4.74 Å². The maximum atomic E-state index is 14.0. The molecule has 0 spiro atoms. The van der Waals surface area contributed by atoms with E-state index in [2.05, 4.69) is 27.0 Å². The number of aromatic nitrogens is 2. The highest BCUT2D eigenvalue weighted by molar-refractivity contribution is 5.96. The number of nitrogens with zero attached hydrogens (tertiary/aromatic N) is 2. The summed E-state index contributed by atoms with van der Waals surface area (Å²) in [5.41, 5.74) is 5.92. The Kier molecular flexibility index (Phi) is 6.68. The molecule has 1 aromatic carbocycles. The first-order chi connectivity index (χ1) is 17.1. The Bertz CT molecular complexity index is 1300. The molecule has 0 radical (unpaired) electrons. The highest BCUT2D eigenvalue weighted by Crippen LogP contribution is 2.37. The van der Waals surface area contributed by atoms with Crippen LogP contribution in [-0.2, 0) is 9.53 Å². The van der Waals surface area contributed by atoms with Gasteiger partial charge in [-0.05, 0) is 73.6 Å². The van der Waals surface area contributed by atoms with E-state index in [1.165, 1.54) is 30.4 Å². The number of ether oxygens (including phenoxy) is 2. The largest absolute Gasteiger partial charge is 0.496 e. The SMILES string of the molecule is COC(=O)C=C1CCC(N2CC=C(c3cc4c(-c5cc(F)ccc5OC)ccnc4[nH]3)CC2)CC1. The second-order valence-electron chi connectivity index (χ2n) is 9.18. The number of halogens is 1. The summed E-state index contributed by atoms with van der Waals surface area (Å²) in [5, 5.41) is 0.951. The van der Waals surface area contributed by atoms with Crippen molar-refractivity contribution >= 4 is 22.6 Å². The number of H-pyrrole nitrogens is 1. The first-order valence-electron chi connectivity index (χ1n) is 12.1. The van der Waals surface area contributed by atoms with Gasteiger partial charge in [-0.2, -0.15) is 0 Å². The molecule has 2 aliphatic rings. The van der Waals surface area contributed by atoms with Gasteiger partial charge in [-0.25, -0.2) is 14.2 Å². The molecule has 182 valence electrons. The van der Waals surface area contributed by atoms with Gasteiger partial charge in [0.05, 0.1) is 14.2 Å². The van der Waals surface area contributed by atoms with Crippen LogP contribution in [0.4, 0.5) is 4.39 Å². The van der Waals surface area contributed by atoms with Crippen molar-refractivity contribution in [3.05, 3.63) is 65.8 Å². The van der Waals surface area contributed by atoms with Crippen molar-refractivity contribution in [1.29, 1.82) is 0 Å². The second kappa shape index (κ2) is 10.0. The van der Waals surface area contributed by atoms with Crippen LogP contribution in [-0.4, -0.2) is 54.2 Å². The lowest BCUT2D eigenvalue weighted by Gasteiger charge is -2.36. The van der Waals surface area contributed by atoms with Crippen LogP contribution in [0.2, 0.25) is 0 Å². The van der Waals surface area contributed by atoms with E-state index in [9.17, 15) is 9.18 Å². The third-order valence-corrected chi connectivity index (χ3v) is 7.21. The van der Waals surface area contributed by atoms with E-state index in [1.54, 1.807) is 25.4 Å².